The van der Waals surface area contributed by atoms with Gasteiger partial charge in [-0.25, -0.2) is 8.42 Å². The van der Waals surface area contributed by atoms with Crippen LogP contribution in [0.2, 0.25) is 0 Å². The van der Waals surface area contributed by atoms with Gasteiger partial charge in [0.25, 0.3) is 0 Å². The lowest BCUT2D eigenvalue weighted by Gasteiger charge is -2.24. The molecule has 0 aliphatic carbocycles. The standard InChI is InChI=1S/C23H27NO4S/c1-28-17-6-5-9-21-16-18-29(26,27)24(21)22-13-11-20(12-14-22)23(25)15-10-19-7-3-2-4-8-19/h2-4,7-8,11-14,21,23,25H,9-10,15-18H2,1H3. The van der Waals surface area contributed by atoms with Crippen LogP contribution in [0.4, 0.5) is 5.69 Å². The van der Waals surface area contributed by atoms with E-state index in [1.807, 2.05) is 42.5 Å². The predicted molar refractivity (Wildman–Crippen MR) is 115 cm³/mol. The van der Waals surface area contributed by atoms with Gasteiger partial charge in [-0.1, -0.05) is 54.3 Å². The number of ether oxygens (including phenoxy) is 1. The van der Waals surface area contributed by atoms with E-state index in [0.29, 0.717) is 31.6 Å². The average Bonchev–Trinajstić information content (AvgIpc) is 3.04. The number of hydrogen-bond donors (Lipinski definition) is 1. The van der Waals surface area contributed by atoms with Crippen LogP contribution in [-0.2, 0) is 21.2 Å². The van der Waals surface area contributed by atoms with Gasteiger partial charge in [0.1, 0.15) is 6.61 Å². The van der Waals surface area contributed by atoms with Crippen molar-refractivity contribution in [2.24, 2.45) is 0 Å². The van der Waals surface area contributed by atoms with Crippen LogP contribution in [0.5, 0.6) is 0 Å². The Morgan fingerprint density at radius 3 is 2.55 bits per heavy atom. The molecule has 1 fully saturated rings. The van der Waals surface area contributed by atoms with Crippen molar-refractivity contribution in [3.63, 3.8) is 0 Å². The number of aliphatic hydroxyl groups is 1. The van der Waals surface area contributed by atoms with E-state index in [0.717, 1.165) is 12.0 Å². The van der Waals surface area contributed by atoms with Gasteiger partial charge in [-0.05, 0) is 42.5 Å². The Bertz CT molecular complexity index is 946. The topological polar surface area (TPSA) is 66.8 Å². The summed E-state index contributed by atoms with van der Waals surface area (Å²) in [7, 11) is -1.76. The molecule has 1 saturated heterocycles. The Kier molecular flexibility index (Phi) is 7.32. The summed E-state index contributed by atoms with van der Waals surface area (Å²) in [5.41, 5.74) is 2.60. The summed E-state index contributed by atoms with van der Waals surface area (Å²) in [6, 6.07) is 17.1. The molecular weight excluding hydrogens is 386 g/mol. The third-order valence-electron chi connectivity index (χ3n) is 5.10. The lowest BCUT2D eigenvalue weighted by molar-refractivity contribution is 0.168. The quantitative estimate of drug-likeness (QED) is 0.708. The molecule has 3 rings (SSSR count). The van der Waals surface area contributed by atoms with Gasteiger partial charge in [0.15, 0.2) is 0 Å². The molecule has 1 aliphatic heterocycles. The molecule has 0 spiro atoms. The van der Waals surface area contributed by atoms with Crippen LogP contribution in [0, 0.1) is 11.8 Å². The first kappa shape index (κ1) is 21.4. The van der Waals surface area contributed by atoms with Gasteiger partial charge in [0.05, 0.1) is 23.6 Å². The molecule has 0 radical (unpaired) electrons. The number of methoxy groups -OCH3 is 1. The summed E-state index contributed by atoms with van der Waals surface area (Å²) in [5, 5.41) is 10.5. The first-order valence-electron chi connectivity index (χ1n) is 9.80. The van der Waals surface area contributed by atoms with E-state index in [1.165, 1.54) is 9.87 Å². The van der Waals surface area contributed by atoms with Crippen LogP contribution < -0.4 is 4.31 Å². The fraction of sp³-hybridized carbons (Fsp3) is 0.391. The van der Waals surface area contributed by atoms with Crippen LogP contribution in [0.15, 0.2) is 54.6 Å². The zero-order valence-corrected chi connectivity index (χ0v) is 17.4. The van der Waals surface area contributed by atoms with Crippen LogP contribution in [-0.4, -0.2) is 39.0 Å². The largest absolute Gasteiger partial charge is 0.388 e. The second kappa shape index (κ2) is 9.93. The molecule has 154 valence electrons. The van der Waals surface area contributed by atoms with Crippen molar-refractivity contribution < 1.29 is 18.3 Å². The van der Waals surface area contributed by atoms with Crippen molar-refractivity contribution in [3.8, 4) is 11.8 Å². The zero-order valence-electron chi connectivity index (χ0n) is 16.6. The van der Waals surface area contributed by atoms with Gasteiger partial charge in [-0.3, -0.25) is 4.31 Å². The van der Waals surface area contributed by atoms with Crippen LogP contribution in [0.25, 0.3) is 0 Å². The van der Waals surface area contributed by atoms with Crippen molar-refractivity contribution in [2.75, 3.05) is 23.8 Å². The molecule has 29 heavy (non-hydrogen) atoms. The minimum atomic E-state index is -3.34. The average molecular weight is 414 g/mol. The molecule has 0 amide bonds. The van der Waals surface area contributed by atoms with E-state index in [4.69, 9.17) is 4.74 Å². The molecule has 1 N–H and O–H groups in total. The van der Waals surface area contributed by atoms with Gasteiger partial charge in [-0.15, -0.1) is 0 Å². The molecule has 1 aliphatic rings. The van der Waals surface area contributed by atoms with Crippen molar-refractivity contribution >= 4 is 15.7 Å². The first-order valence-corrected chi connectivity index (χ1v) is 11.4. The molecule has 0 saturated carbocycles. The maximum atomic E-state index is 12.5. The summed E-state index contributed by atoms with van der Waals surface area (Å²) in [6.45, 7) is 0.342. The van der Waals surface area contributed by atoms with E-state index < -0.39 is 16.1 Å². The zero-order chi connectivity index (χ0) is 20.7. The van der Waals surface area contributed by atoms with Crippen LogP contribution in [0.3, 0.4) is 0 Å². The highest BCUT2D eigenvalue weighted by Gasteiger charge is 2.36. The van der Waals surface area contributed by atoms with Crippen molar-refractivity contribution in [1.82, 2.24) is 0 Å². The maximum Gasteiger partial charge on any atom is 0.235 e. The smallest absolute Gasteiger partial charge is 0.235 e. The Morgan fingerprint density at radius 2 is 1.86 bits per heavy atom. The second-order valence-electron chi connectivity index (χ2n) is 7.18. The highest BCUT2D eigenvalue weighted by Crippen LogP contribution is 2.31. The SMILES string of the molecule is COCC#CCC1CCS(=O)(=O)N1c1ccc(C(O)CCc2ccccc2)cc1. The van der Waals surface area contributed by atoms with Crippen LogP contribution >= 0.6 is 0 Å². The number of anilines is 1. The minimum absolute atomic E-state index is 0.130. The maximum absolute atomic E-state index is 12.5. The summed E-state index contributed by atoms with van der Waals surface area (Å²) in [6.07, 6.45) is 1.85. The second-order valence-corrected chi connectivity index (χ2v) is 9.14. The Morgan fingerprint density at radius 1 is 1.14 bits per heavy atom. The summed E-state index contributed by atoms with van der Waals surface area (Å²) >= 11 is 0. The fourth-order valence-corrected chi connectivity index (χ4v) is 5.40. The van der Waals surface area contributed by atoms with Crippen molar-refractivity contribution in [1.29, 1.82) is 0 Å². The van der Waals surface area contributed by atoms with Gasteiger partial charge in [0, 0.05) is 13.5 Å². The summed E-state index contributed by atoms with van der Waals surface area (Å²) in [5.74, 6) is 6.02. The van der Waals surface area contributed by atoms with E-state index >= 15 is 0 Å². The Labute approximate surface area is 173 Å². The number of sulfonamides is 1. The number of benzene rings is 2. The lowest BCUT2D eigenvalue weighted by atomic mass is 10.0. The molecule has 2 aromatic carbocycles. The number of aliphatic hydroxyl groups excluding tert-OH is 1. The van der Waals surface area contributed by atoms with Crippen molar-refractivity contribution in [3.05, 3.63) is 65.7 Å². The highest BCUT2D eigenvalue weighted by atomic mass is 32.2. The third kappa shape index (κ3) is 5.60. The van der Waals surface area contributed by atoms with E-state index in [2.05, 4.69) is 11.8 Å². The van der Waals surface area contributed by atoms with Gasteiger partial charge < -0.3 is 9.84 Å². The molecule has 5 nitrogen and oxygen atoms in total. The minimum Gasteiger partial charge on any atom is -0.388 e. The molecule has 1 heterocycles. The highest BCUT2D eigenvalue weighted by molar-refractivity contribution is 7.93. The monoisotopic (exact) mass is 413 g/mol. The molecule has 2 aromatic rings. The van der Waals surface area contributed by atoms with Gasteiger partial charge in [0.2, 0.25) is 10.0 Å². The molecule has 0 aromatic heterocycles. The molecular formula is C23H27NO4S. The van der Waals surface area contributed by atoms with Crippen LogP contribution in [0.1, 0.15) is 36.5 Å². The van der Waals surface area contributed by atoms with E-state index in [-0.39, 0.29) is 11.8 Å². The molecule has 2 unspecified atom stereocenters. The molecule has 2 atom stereocenters. The van der Waals surface area contributed by atoms with E-state index in [9.17, 15) is 13.5 Å². The van der Waals surface area contributed by atoms with Gasteiger partial charge in [-0.2, -0.15) is 0 Å². The van der Waals surface area contributed by atoms with Gasteiger partial charge >= 0.3 is 0 Å². The lowest BCUT2D eigenvalue weighted by Crippen LogP contribution is -2.32. The summed E-state index contributed by atoms with van der Waals surface area (Å²) in [4.78, 5) is 0. The number of nitrogens with zero attached hydrogens (tertiary/aromatic N) is 1. The fourth-order valence-electron chi connectivity index (χ4n) is 3.56. The number of hydrogen-bond acceptors (Lipinski definition) is 4. The predicted octanol–water partition coefficient (Wildman–Crippen LogP) is 3.30. The molecule has 6 heteroatoms. The van der Waals surface area contributed by atoms with Crippen molar-refractivity contribution in [2.45, 2.75) is 37.8 Å². The Balaban J connectivity index is 1.68. The Hall–Kier alpha value is -2.33. The van der Waals surface area contributed by atoms with E-state index in [1.54, 1.807) is 19.2 Å². The third-order valence-corrected chi connectivity index (χ3v) is 6.96. The number of aryl methyl sites for hydroxylation is 1. The summed E-state index contributed by atoms with van der Waals surface area (Å²) < 4.78 is 31.5. The normalized spacial score (nSPS) is 18.8. The molecule has 0 bridgehead atoms. The number of rotatable bonds is 7. The first-order chi connectivity index (χ1) is 14.0.